The highest BCUT2D eigenvalue weighted by molar-refractivity contribution is 4.91. The molecule has 0 aromatic rings. The van der Waals surface area contributed by atoms with Gasteiger partial charge in [0.25, 0.3) is 0 Å². The summed E-state index contributed by atoms with van der Waals surface area (Å²) in [5.41, 5.74) is 0. The van der Waals surface area contributed by atoms with Gasteiger partial charge in [-0.15, -0.1) is 0 Å². The summed E-state index contributed by atoms with van der Waals surface area (Å²) in [5.74, 6) is 0. The molecule has 1 N–H and O–H groups in total. The van der Waals surface area contributed by atoms with Crippen LogP contribution in [0.1, 0.15) is 38.5 Å². The summed E-state index contributed by atoms with van der Waals surface area (Å²) in [4.78, 5) is 4.86. The molecule has 1 saturated heterocycles. The van der Waals surface area contributed by atoms with E-state index in [4.69, 9.17) is 0 Å². The monoisotopic (exact) mass is 226 g/mol. The van der Waals surface area contributed by atoms with Gasteiger partial charge in [0.2, 0.25) is 0 Å². The van der Waals surface area contributed by atoms with Crippen molar-refractivity contribution in [3.63, 3.8) is 0 Å². The van der Waals surface area contributed by atoms with E-state index in [1.165, 1.54) is 38.6 Å². The van der Waals surface area contributed by atoms with Crippen LogP contribution in [0, 0.1) is 0 Å². The number of nitrogens with zero attached hydrogens (tertiary/aromatic N) is 2. The zero-order valence-corrected chi connectivity index (χ0v) is 10.7. The first-order valence-corrected chi connectivity index (χ1v) is 6.77. The minimum Gasteiger partial charge on any atom is -0.391 e. The van der Waals surface area contributed by atoms with Gasteiger partial charge in [0.05, 0.1) is 6.10 Å². The van der Waals surface area contributed by atoms with Crippen molar-refractivity contribution in [2.24, 2.45) is 0 Å². The third kappa shape index (κ3) is 2.76. The Balaban J connectivity index is 1.95. The summed E-state index contributed by atoms with van der Waals surface area (Å²) >= 11 is 0. The molecule has 3 heteroatoms. The van der Waals surface area contributed by atoms with Crippen LogP contribution in [0.4, 0.5) is 0 Å². The molecular weight excluding hydrogens is 200 g/mol. The quantitative estimate of drug-likeness (QED) is 0.786. The van der Waals surface area contributed by atoms with Crippen LogP contribution in [0.25, 0.3) is 0 Å². The van der Waals surface area contributed by atoms with Gasteiger partial charge in [-0.05, 0) is 46.3 Å². The molecule has 16 heavy (non-hydrogen) atoms. The largest absolute Gasteiger partial charge is 0.391 e. The fourth-order valence-electron chi connectivity index (χ4n) is 3.39. The lowest BCUT2D eigenvalue weighted by Crippen LogP contribution is -2.50. The first-order chi connectivity index (χ1) is 7.68. The number of hydrogen-bond acceptors (Lipinski definition) is 3. The minimum absolute atomic E-state index is 0.0727. The fraction of sp³-hybridized carbons (Fsp3) is 1.00. The Labute approximate surface area is 99.4 Å². The van der Waals surface area contributed by atoms with Gasteiger partial charge in [-0.3, -0.25) is 4.90 Å². The molecule has 2 rings (SSSR count). The summed E-state index contributed by atoms with van der Waals surface area (Å²) < 4.78 is 0. The topological polar surface area (TPSA) is 26.7 Å². The Hall–Kier alpha value is -0.120. The van der Waals surface area contributed by atoms with Gasteiger partial charge in [-0.1, -0.05) is 12.8 Å². The van der Waals surface area contributed by atoms with Crippen molar-refractivity contribution in [3.05, 3.63) is 0 Å². The molecule has 0 aromatic heterocycles. The summed E-state index contributed by atoms with van der Waals surface area (Å²) in [6.45, 7) is 2.34. The molecule has 1 heterocycles. The van der Waals surface area contributed by atoms with Crippen molar-refractivity contribution in [1.82, 2.24) is 9.80 Å². The zero-order valence-electron chi connectivity index (χ0n) is 10.7. The second-order valence-electron chi connectivity index (χ2n) is 5.72. The number of aliphatic hydroxyl groups excluding tert-OH is 1. The van der Waals surface area contributed by atoms with Gasteiger partial charge >= 0.3 is 0 Å². The van der Waals surface area contributed by atoms with E-state index in [0.29, 0.717) is 12.1 Å². The predicted octanol–water partition coefficient (Wildman–Crippen LogP) is 1.32. The van der Waals surface area contributed by atoms with Gasteiger partial charge in [-0.25, -0.2) is 0 Å². The van der Waals surface area contributed by atoms with Crippen LogP contribution in [-0.2, 0) is 0 Å². The number of hydrogen-bond donors (Lipinski definition) is 1. The van der Waals surface area contributed by atoms with Crippen molar-refractivity contribution in [1.29, 1.82) is 0 Å². The molecule has 0 bridgehead atoms. The van der Waals surface area contributed by atoms with Crippen LogP contribution in [0.5, 0.6) is 0 Å². The van der Waals surface area contributed by atoms with Gasteiger partial charge in [0.1, 0.15) is 0 Å². The van der Waals surface area contributed by atoms with Crippen molar-refractivity contribution >= 4 is 0 Å². The number of likely N-dealkylation sites (tertiary alicyclic amines) is 1. The van der Waals surface area contributed by atoms with Crippen molar-refractivity contribution < 1.29 is 5.11 Å². The lowest BCUT2D eigenvalue weighted by atomic mass is 9.91. The van der Waals surface area contributed by atoms with E-state index in [-0.39, 0.29) is 6.10 Å². The second-order valence-corrected chi connectivity index (χ2v) is 5.72. The zero-order chi connectivity index (χ0) is 11.5. The van der Waals surface area contributed by atoms with E-state index in [1.807, 2.05) is 0 Å². The van der Waals surface area contributed by atoms with Crippen LogP contribution in [0.2, 0.25) is 0 Å². The lowest BCUT2D eigenvalue weighted by molar-refractivity contribution is 0.00941. The van der Waals surface area contributed by atoms with Gasteiger partial charge < -0.3 is 10.0 Å². The number of aliphatic hydroxyl groups is 1. The molecule has 3 atom stereocenters. The van der Waals surface area contributed by atoms with Crippen LogP contribution in [-0.4, -0.2) is 60.3 Å². The fourth-order valence-corrected chi connectivity index (χ4v) is 3.39. The van der Waals surface area contributed by atoms with Crippen molar-refractivity contribution in [2.45, 2.75) is 56.7 Å². The Bertz CT molecular complexity index is 220. The molecule has 0 aromatic carbocycles. The third-order valence-electron chi connectivity index (χ3n) is 4.12. The molecule has 94 valence electrons. The highest BCUT2D eigenvalue weighted by Gasteiger charge is 2.35. The van der Waals surface area contributed by atoms with Crippen LogP contribution in [0.15, 0.2) is 0 Å². The van der Waals surface area contributed by atoms with E-state index < -0.39 is 0 Å². The maximum atomic E-state index is 10.1. The Morgan fingerprint density at radius 3 is 2.56 bits per heavy atom. The van der Waals surface area contributed by atoms with Gasteiger partial charge in [0.15, 0.2) is 0 Å². The molecule has 3 nitrogen and oxygen atoms in total. The molecule has 1 aliphatic carbocycles. The summed E-state index contributed by atoms with van der Waals surface area (Å²) in [7, 11) is 4.29. The number of rotatable bonds is 3. The van der Waals surface area contributed by atoms with E-state index in [1.54, 1.807) is 0 Å². The Kier molecular flexibility index (Phi) is 4.22. The molecule has 1 unspecified atom stereocenters. The average Bonchev–Trinajstić information content (AvgIpc) is 2.66. The summed E-state index contributed by atoms with van der Waals surface area (Å²) in [6.07, 6.45) is 7.26. The SMILES string of the molecule is CN(C)CC1CCCN1[C@H]1CCCC[C@@H]1O. The molecular formula is C13H26N2O. The van der Waals surface area contributed by atoms with Crippen LogP contribution >= 0.6 is 0 Å². The van der Waals surface area contributed by atoms with E-state index >= 15 is 0 Å². The van der Waals surface area contributed by atoms with E-state index in [2.05, 4.69) is 23.9 Å². The minimum atomic E-state index is -0.0727. The normalized spacial score (nSPS) is 37.1. The first kappa shape index (κ1) is 12.3. The molecule has 0 spiro atoms. The Morgan fingerprint density at radius 1 is 1.12 bits per heavy atom. The van der Waals surface area contributed by atoms with E-state index in [0.717, 1.165) is 13.0 Å². The van der Waals surface area contributed by atoms with Gasteiger partial charge in [-0.2, -0.15) is 0 Å². The van der Waals surface area contributed by atoms with Gasteiger partial charge in [0, 0.05) is 18.6 Å². The molecule has 2 fully saturated rings. The molecule has 1 saturated carbocycles. The molecule has 0 radical (unpaired) electrons. The predicted molar refractivity (Wildman–Crippen MR) is 66.5 cm³/mol. The molecule has 2 aliphatic rings. The molecule has 0 amide bonds. The first-order valence-electron chi connectivity index (χ1n) is 6.77. The maximum Gasteiger partial charge on any atom is 0.0695 e. The van der Waals surface area contributed by atoms with Crippen molar-refractivity contribution in [3.8, 4) is 0 Å². The van der Waals surface area contributed by atoms with Crippen molar-refractivity contribution in [2.75, 3.05) is 27.2 Å². The maximum absolute atomic E-state index is 10.1. The number of likely N-dealkylation sites (N-methyl/N-ethyl adjacent to an activating group) is 1. The highest BCUT2D eigenvalue weighted by Crippen LogP contribution is 2.29. The summed E-state index contributed by atoms with van der Waals surface area (Å²) in [5, 5.41) is 10.1. The summed E-state index contributed by atoms with van der Waals surface area (Å²) in [6, 6.07) is 1.12. The molecule has 1 aliphatic heterocycles. The van der Waals surface area contributed by atoms with Crippen LogP contribution in [0.3, 0.4) is 0 Å². The Morgan fingerprint density at radius 2 is 1.88 bits per heavy atom. The average molecular weight is 226 g/mol. The standard InChI is InChI=1S/C13H26N2O/c1-14(2)10-11-6-5-9-15(11)12-7-3-4-8-13(12)16/h11-13,16H,3-10H2,1-2H3/t11?,12-,13-/m0/s1. The second kappa shape index (κ2) is 5.48. The highest BCUT2D eigenvalue weighted by atomic mass is 16.3. The third-order valence-corrected chi connectivity index (χ3v) is 4.12. The van der Waals surface area contributed by atoms with Crippen LogP contribution < -0.4 is 0 Å². The lowest BCUT2D eigenvalue weighted by Gasteiger charge is -2.39. The van der Waals surface area contributed by atoms with E-state index in [9.17, 15) is 5.11 Å². The smallest absolute Gasteiger partial charge is 0.0695 e.